The quantitative estimate of drug-likeness (QED) is 0.657. The summed E-state index contributed by atoms with van der Waals surface area (Å²) in [6.45, 7) is 1.86. The molecule has 2 amide bonds. The van der Waals surface area contributed by atoms with Gasteiger partial charge in [-0.3, -0.25) is 9.59 Å². The van der Waals surface area contributed by atoms with Gasteiger partial charge in [0.05, 0.1) is 10.7 Å². The monoisotopic (exact) mass is 278 g/mol. The summed E-state index contributed by atoms with van der Waals surface area (Å²) in [7, 11) is 1.54. The van der Waals surface area contributed by atoms with Gasteiger partial charge in [0, 0.05) is 18.7 Å². The van der Waals surface area contributed by atoms with E-state index in [1.807, 2.05) is 13.0 Å². The third-order valence-electron chi connectivity index (χ3n) is 2.27. The molecule has 0 aliphatic heterocycles. The highest BCUT2D eigenvalue weighted by Crippen LogP contribution is 2.23. The number of carbonyl (C=O) groups is 2. The fraction of sp³-hybridized carbons (Fsp3) is 0.143. The summed E-state index contributed by atoms with van der Waals surface area (Å²) in [6, 6.07) is 4.69. The van der Waals surface area contributed by atoms with E-state index in [1.165, 1.54) is 19.2 Å². The molecule has 0 heterocycles. The number of anilines is 1. The van der Waals surface area contributed by atoms with Crippen molar-refractivity contribution >= 4 is 29.1 Å². The van der Waals surface area contributed by atoms with Gasteiger partial charge in [0.1, 0.15) is 0 Å². The molecule has 0 fully saturated rings. The summed E-state index contributed by atoms with van der Waals surface area (Å²) in [6.07, 6.45) is 6.58. The fourth-order valence-electron chi connectivity index (χ4n) is 1.33. The molecule has 0 aromatic heterocycles. The SMILES string of the molecule is C/C=C/C=C/C(=O)Nc1ccc(C(=O)NC)cc1Cl. The van der Waals surface area contributed by atoms with Crippen LogP contribution in [0.5, 0.6) is 0 Å². The molecule has 0 spiro atoms. The van der Waals surface area contributed by atoms with E-state index >= 15 is 0 Å². The molecule has 1 rings (SSSR count). The Hall–Kier alpha value is -2.07. The van der Waals surface area contributed by atoms with Gasteiger partial charge in [0.2, 0.25) is 5.91 Å². The van der Waals surface area contributed by atoms with Crippen LogP contribution in [-0.2, 0) is 4.79 Å². The number of hydrogen-bond donors (Lipinski definition) is 2. The van der Waals surface area contributed by atoms with E-state index in [-0.39, 0.29) is 11.8 Å². The third kappa shape index (κ3) is 4.60. The van der Waals surface area contributed by atoms with Crippen molar-refractivity contribution in [2.24, 2.45) is 0 Å². The van der Waals surface area contributed by atoms with Crippen molar-refractivity contribution in [3.05, 3.63) is 53.1 Å². The Bertz CT molecular complexity index is 536. The van der Waals surface area contributed by atoms with Crippen molar-refractivity contribution in [3.63, 3.8) is 0 Å². The second kappa shape index (κ2) is 7.38. The van der Waals surface area contributed by atoms with Crippen LogP contribution in [0.2, 0.25) is 5.02 Å². The lowest BCUT2D eigenvalue weighted by Gasteiger charge is -2.06. The zero-order valence-corrected chi connectivity index (χ0v) is 11.5. The van der Waals surface area contributed by atoms with Gasteiger partial charge < -0.3 is 10.6 Å². The van der Waals surface area contributed by atoms with Gasteiger partial charge in [-0.05, 0) is 25.1 Å². The number of nitrogens with one attached hydrogen (secondary N) is 2. The Morgan fingerprint density at radius 2 is 2.00 bits per heavy atom. The first-order valence-corrected chi connectivity index (χ1v) is 6.08. The molecule has 0 saturated heterocycles. The largest absolute Gasteiger partial charge is 0.355 e. The van der Waals surface area contributed by atoms with E-state index in [2.05, 4.69) is 10.6 Å². The first-order chi connectivity index (χ1) is 9.08. The summed E-state index contributed by atoms with van der Waals surface area (Å²) >= 11 is 6.00. The van der Waals surface area contributed by atoms with Gasteiger partial charge in [-0.1, -0.05) is 29.8 Å². The van der Waals surface area contributed by atoms with Gasteiger partial charge in [-0.2, -0.15) is 0 Å². The Morgan fingerprint density at radius 3 is 2.58 bits per heavy atom. The minimum atomic E-state index is -0.285. The predicted octanol–water partition coefficient (Wildman–Crippen LogP) is 2.77. The molecule has 5 heteroatoms. The lowest BCUT2D eigenvalue weighted by Crippen LogP contribution is -2.18. The van der Waals surface area contributed by atoms with E-state index in [0.717, 1.165) is 0 Å². The fourth-order valence-corrected chi connectivity index (χ4v) is 1.56. The number of carbonyl (C=O) groups excluding carboxylic acids is 2. The van der Waals surface area contributed by atoms with E-state index in [1.54, 1.807) is 24.3 Å². The standard InChI is InChI=1S/C14H15ClN2O2/c1-3-4-5-6-13(18)17-12-8-7-10(9-11(12)15)14(19)16-2/h3-9H,1-2H3,(H,16,19)(H,17,18)/b4-3+,6-5+. The lowest BCUT2D eigenvalue weighted by molar-refractivity contribution is -0.111. The van der Waals surface area contributed by atoms with E-state index in [0.29, 0.717) is 16.3 Å². The maximum absolute atomic E-state index is 11.5. The summed E-state index contributed by atoms with van der Waals surface area (Å²) in [5.74, 6) is -0.513. The van der Waals surface area contributed by atoms with E-state index in [9.17, 15) is 9.59 Å². The minimum absolute atomic E-state index is 0.229. The van der Waals surface area contributed by atoms with Gasteiger partial charge in [0.15, 0.2) is 0 Å². The average Bonchev–Trinajstić information content (AvgIpc) is 2.40. The Labute approximate surface area is 117 Å². The summed E-state index contributed by atoms with van der Waals surface area (Å²) in [5.41, 5.74) is 0.902. The second-order valence-electron chi connectivity index (χ2n) is 3.65. The van der Waals surface area contributed by atoms with Crippen molar-refractivity contribution in [2.45, 2.75) is 6.92 Å². The van der Waals surface area contributed by atoms with Gasteiger partial charge in [0.25, 0.3) is 5.91 Å². The summed E-state index contributed by atoms with van der Waals surface area (Å²) < 4.78 is 0. The summed E-state index contributed by atoms with van der Waals surface area (Å²) in [5, 5.41) is 5.44. The average molecular weight is 279 g/mol. The van der Waals surface area contributed by atoms with Crippen LogP contribution in [-0.4, -0.2) is 18.9 Å². The number of rotatable bonds is 4. The first-order valence-electron chi connectivity index (χ1n) is 5.70. The molecule has 1 aromatic rings. The Morgan fingerprint density at radius 1 is 1.26 bits per heavy atom. The predicted molar refractivity (Wildman–Crippen MR) is 77.4 cm³/mol. The number of allylic oxidation sites excluding steroid dienone is 3. The lowest BCUT2D eigenvalue weighted by atomic mass is 10.2. The van der Waals surface area contributed by atoms with Crippen LogP contribution in [0.3, 0.4) is 0 Å². The van der Waals surface area contributed by atoms with Crippen LogP contribution in [0.25, 0.3) is 0 Å². The second-order valence-corrected chi connectivity index (χ2v) is 4.06. The molecule has 2 N–H and O–H groups in total. The van der Waals surface area contributed by atoms with Gasteiger partial charge in [-0.25, -0.2) is 0 Å². The van der Waals surface area contributed by atoms with Crippen molar-refractivity contribution < 1.29 is 9.59 Å². The molecule has 0 aliphatic carbocycles. The molecule has 1 aromatic carbocycles. The highest BCUT2D eigenvalue weighted by molar-refractivity contribution is 6.34. The molecule has 4 nitrogen and oxygen atoms in total. The van der Waals surface area contributed by atoms with Crippen molar-refractivity contribution in [2.75, 3.05) is 12.4 Å². The number of halogens is 1. The zero-order chi connectivity index (χ0) is 14.3. The highest BCUT2D eigenvalue weighted by atomic mass is 35.5. The van der Waals surface area contributed by atoms with Crippen LogP contribution in [0, 0.1) is 0 Å². The first kappa shape index (κ1) is 15.0. The van der Waals surface area contributed by atoms with Gasteiger partial charge >= 0.3 is 0 Å². The molecule has 0 unspecified atom stereocenters. The topological polar surface area (TPSA) is 58.2 Å². The van der Waals surface area contributed by atoms with Crippen LogP contribution < -0.4 is 10.6 Å². The third-order valence-corrected chi connectivity index (χ3v) is 2.58. The molecule has 0 saturated carbocycles. The van der Waals surface area contributed by atoms with Crippen molar-refractivity contribution in [1.82, 2.24) is 5.32 Å². The molecule has 0 aliphatic rings. The molecular weight excluding hydrogens is 264 g/mol. The Kier molecular flexibility index (Phi) is 5.82. The van der Waals surface area contributed by atoms with Crippen LogP contribution in [0.4, 0.5) is 5.69 Å². The molecule has 0 bridgehead atoms. The minimum Gasteiger partial charge on any atom is -0.355 e. The number of amides is 2. The highest BCUT2D eigenvalue weighted by Gasteiger charge is 2.08. The van der Waals surface area contributed by atoms with Crippen LogP contribution in [0.15, 0.2) is 42.5 Å². The molecule has 19 heavy (non-hydrogen) atoms. The molecule has 0 atom stereocenters. The maximum Gasteiger partial charge on any atom is 0.251 e. The van der Waals surface area contributed by atoms with E-state index in [4.69, 9.17) is 11.6 Å². The maximum atomic E-state index is 11.5. The number of benzene rings is 1. The molecule has 100 valence electrons. The van der Waals surface area contributed by atoms with Gasteiger partial charge in [-0.15, -0.1) is 0 Å². The normalized spacial score (nSPS) is 10.9. The van der Waals surface area contributed by atoms with Crippen LogP contribution >= 0.6 is 11.6 Å². The van der Waals surface area contributed by atoms with Crippen LogP contribution in [0.1, 0.15) is 17.3 Å². The zero-order valence-electron chi connectivity index (χ0n) is 10.7. The summed E-state index contributed by atoms with van der Waals surface area (Å²) in [4.78, 5) is 22.9. The molecular formula is C14H15ClN2O2. The molecule has 0 radical (unpaired) electrons. The van der Waals surface area contributed by atoms with Crippen molar-refractivity contribution in [3.8, 4) is 0 Å². The Balaban J connectivity index is 2.80. The number of hydrogen-bond acceptors (Lipinski definition) is 2. The van der Waals surface area contributed by atoms with E-state index < -0.39 is 0 Å². The smallest absolute Gasteiger partial charge is 0.251 e. The van der Waals surface area contributed by atoms with Crippen molar-refractivity contribution in [1.29, 1.82) is 0 Å².